The number of carbonyl (C=O) groups excluding carboxylic acids is 1. The van der Waals surface area contributed by atoms with Crippen molar-refractivity contribution in [1.29, 1.82) is 0 Å². The van der Waals surface area contributed by atoms with E-state index in [1.54, 1.807) is 24.3 Å². The summed E-state index contributed by atoms with van der Waals surface area (Å²) in [6, 6.07) is 8.04. The Balaban J connectivity index is 2.43. The van der Waals surface area contributed by atoms with E-state index in [1.807, 2.05) is 0 Å². The molecule has 0 aliphatic rings. The Kier molecular flexibility index (Phi) is 3.31. The van der Waals surface area contributed by atoms with Crippen LogP contribution in [-0.4, -0.2) is 10.8 Å². The highest BCUT2D eigenvalue weighted by Crippen LogP contribution is 2.19. The Labute approximate surface area is 108 Å². The van der Waals surface area contributed by atoms with Crippen LogP contribution >= 0.6 is 23.2 Å². The molecule has 0 fully saturated rings. The normalized spacial score (nSPS) is 10.2. The highest BCUT2D eigenvalue weighted by atomic mass is 35.5. The predicted molar refractivity (Wildman–Crippen MR) is 68.5 cm³/mol. The zero-order chi connectivity index (χ0) is 12.4. The van der Waals surface area contributed by atoms with E-state index in [2.05, 4.69) is 4.98 Å². The van der Waals surface area contributed by atoms with Crippen molar-refractivity contribution in [2.24, 2.45) is 0 Å². The van der Waals surface area contributed by atoms with Crippen molar-refractivity contribution in [3.05, 3.63) is 57.7 Å². The van der Waals surface area contributed by atoms with Crippen molar-refractivity contribution in [3.63, 3.8) is 0 Å². The van der Waals surface area contributed by atoms with E-state index >= 15 is 0 Å². The van der Waals surface area contributed by atoms with Gasteiger partial charge in [0.25, 0.3) is 0 Å². The monoisotopic (exact) mass is 266 g/mol. The second-order valence-electron chi connectivity index (χ2n) is 3.42. The number of pyridine rings is 1. The summed E-state index contributed by atoms with van der Waals surface area (Å²) in [4.78, 5) is 16.0. The lowest BCUT2D eigenvalue weighted by molar-refractivity contribution is 0.103. The molecule has 5 heteroatoms. The van der Waals surface area contributed by atoms with Gasteiger partial charge in [0, 0.05) is 16.8 Å². The molecule has 0 unspecified atom stereocenters. The molecular formula is C12H8Cl2N2O. The standard InChI is InChI=1S/C12H8Cl2N2O/c13-8-3-1-7(2-4-8)11(17)10-5-9(14)6-16-12(10)15/h1-6H,(H2,15,16). The molecule has 0 saturated heterocycles. The van der Waals surface area contributed by atoms with Crippen molar-refractivity contribution in [2.45, 2.75) is 0 Å². The molecule has 2 N–H and O–H groups in total. The first kappa shape index (κ1) is 11.9. The first-order chi connectivity index (χ1) is 8.08. The molecule has 0 saturated carbocycles. The Hall–Kier alpha value is -1.58. The number of anilines is 1. The van der Waals surface area contributed by atoms with Crippen molar-refractivity contribution in [3.8, 4) is 0 Å². The van der Waals surface area contributed by atoms with Crippen LogP contribution in [0.4, 0.5) is 5.82 Å². The fourth-order valence-corrected chi connectivity index (χ4v) is 1.67. The first-order valence-corrected chi connectivity index (χ1v) is 5.55. The summed E-state index contributed by atoms with van der Waals surface area (Å²) < 4.78 is 0. The van der Waals surface area contributed by atoms with Gasteiger partial charge in [0.1, 0.15) is 5.82 Å². The van der Waals surface area contributed by atoms with Crippen LogP contribution in [0.5, 0.6) is 0 Å². The molecule has 1 aromatic carbocycles. The number of benzene rings is 1. The van der Waals surface area contributed by atoms with Crippen molar-refractivity contribution >= 4 is 34.8 Å². The van der Waals surface area contributed by atoms with E-state index in [-0.39, 0.29) is 11.6 Å². The SMILES string of the molecule is Nc1ncc(Cl)cc1C(=O)c1ccc(Cl)cc1. The van der Waals surface area contributed by atoms with Gasteiger partial charge in [0.2, 0.25) is 0 Å². The Morgan fingerprint density at radius 2 is 1.76 bits per heavy atom. The van der Waals surface area contributed by atoms with Crippen molar-refractivity contribution < 1.29 is 4.79 Å². The summed E-state index contributed by atoms with van der Waals surface area (Å²) in [5.41, 5.74) is 6.42. The molecule has 0 aliphatic heterocycles. The molecule has 1 heterocycles. The Morgan fingerprint density at radius 3 is 2.41 bits per heavy atom. The van der Waals surface area contributed by atoms with Gasteiger partial charge < -0.3 is 5.73 Å². The highest BCUT2D eigenvalue weighted by Gasteiger charge is 2.13. The number of carbonyl (C=O) groups is 1. The lowest BCUT2D eigenvalue weighted by Crippen LogP contribution is -2.06. The van der Waals surface area contributed by atoms with E-state index in [4.69, 9.17) is 28.9 Å². The third-order valence-electron chi connectivity index (χ3n) is 2.24. The van der Waals surface area contributed by atoms with Gasteiger partial charge in [0.05, 0.1) is 10.6 Å². The van der Waals surface area contributed by atoms with Crippen LogP contribution in [0.3, 0.4) is 0 Å². The fraction of sp³-hybridized carbons (Fsp3) is 0. The average molecular weight is 267 g/mol. The van der Waals surface area contributed by atoms with Gasteiger partial charge >= 0.3 is 0 Å². The highest BCUT2D eigenvalue weighted by molar-refractivity contribution is 6.31. The third kappa shape index (κ3) is 2.57. The predicted octanol–water partition coefficient (Wildman–Crippen LogP) is 3.20. The third-order valence-corrected chi connectivity index (χ3v) is 2.69. The molecular weight excluding hydrogens is 259 g/mol. The second-order valence-corrected chi connectivity index (χ2v) is 4.30. The molecule has 1 aromatic heterocycles. The molecule has 0 bridgehead atoms. The summed E-state index contributed by atoms with van der Waals surface area (Å²) in [5.74, 6) is -0.0662. The number of ketones is 1. The summed E-state index contributed by atoms with van der Waals surface area (Å²) in [5, 5.41) is 0.940. The maximum atomic E-state index is 12.1. The van der Waals surface area contributed by atoms with E-state index in [0.717, 1.165) is 0 Å². The molecule has 0 spiro atoms. The lowest BCUT2D eigenvalue weighted by atomic mass is 10.0. The minimum Gasteiger partial charge on any atom is -0.383 e. The van der Waals surface area contributed by atoms with Crippen LogP contribution < -0.4 is 5.73 Å². The van der Waals surface area contributed by atoms with Gasteiger partial charge in [-0.05, 0) is 30.3 Å². The number of nitrogen functional groups attached to an aromatic ring is 1. The second kappa shape index (κ2) is 4.73. The van der Waals surface area contributed by atoms with Crippen LogP contribution in [0.25, 0.3) is 0 Å². The Bertz CT molecular complexity index is 567. The molecule has 0 aliphatic carbocycles. The van der Waals surface area contributed by atoms with Gasteiger partial charge in [-0.25, -0.2) is 4.98 Å². The molecule has 0 atom stereocenters. The number of hydrogen-bond donors (Lipinski definition) is 1. The van der Waals surface area contributed by atoms with E-state index in [1.165, 1.54) is 12.3 Å². The van der Waals surface area contributed by atoms with Crippen LogP contribution in [0.15, 0.2) is 36.5 Å². The molecule has 2 rings (SSSR count). The quantitative estimate of drug-likeness (QED) is 0.850. The summed E-state index contributed by atoms with van der Waals surface area (Å²) >= 11 is 11.5. The minimum atomic E-state index is -0.228. The van der Waals surface area contributed by atoms with Crippen LogP contribution in [0.2, 0.25) is 10.0 Å². The van der Waals surface area contributed by atoms with E-state index in [9.17, 15) is 4.79 Å². The Morgan fingerprint density at radius 1 is 1.12 bits per heavy atom. The number of nitrogens with zero attached hydrogens (tertiary/aromatic N) is 1. The van der Waals surface area contributed by atoms with Crippen LogP contribution in [0.1, 0.15) is 15.9 Å². The average Bonchev–Trinajstić information content (AvgIpc) is 2.32. The molecule has 3 nitrogen and oxygen atoms in total. The van der Waals surface area contributed by atoms with Gasteiger partial charge in [0.15, 0.2) is 5.78 Å². The summed E-state index contributed by atoms with van der Waals surface area (Å²) in [6.45, 7) is 0. The maximum absolute atomic E-state index is 12.1. The molecule has 2 aromatic rings. The smallest absolute Gasteiger partial charge is 0.196 e. The van der Waals surface area contributed by atoms with Crippen molar-refractivity contribution in [1.82, 2.24) is 4.98 Å². The topological polar surface area (TPSA) is 56.0 Å². The van der Waals surface area contributed by atoms with Gasteiger partial charge in [-0.3, -0.25) is 4.79 Å². The number of halogens is 2. The van der Waals surface area contributed by atoms with Gasteiger partial charge in [-0.1, -0.05) is 23.2 Å². The number of hydrogen-bond acceptors (Lipinski definition) is 3. The van der Waals surface area contributed by atoms with E-state index < -0.39 is 0 Å². The molecule has 0 amide bonds. The number of rotatable bonds is 2. The zero-order valence-corrected chi connectivity index (χ0v) is 10.2. The number of nitrogens with two attached hydrogens (primary N) is 1. The zero-order valence-electron chi connectivity index (χ0n) is 8.65. The van der Waals surface area contributed by atoms with Crippen LogP contribution in [0, 0.1) is 0 Å². The number of aromatic nitrogens is 1. The van der Waals surface area contributed by atoms with Crippen molar-refractivity contribution in [2.75, 3.05) is 5.73 Å². The maximum Gasteiger partial charge on any atom is 0.196 e. The lowest BCUT2D eigenvalue weighted by Gasteiger charge is -2.04. The molecule has 86 valence electrons. The van der Waals surface area contributed by atoms with Gasteiger partial charge in [-0.2, -0.15) is 0 Å². The molecule has 17 heavy (non-hydrogen) atoms. The van der Waals surface area contributed by atoms with E-state index in [0.29, 0.717) is 21.2 Å². The molecule has 0 radical (unpaired) electrons. The van der Waals surface area contributed by atoms with Crippen LogP contribution in [-0.2, 0) is 0 Å². The summed E-state index contributed by atoms with van der Waals surface area (Å²) in [7, 11) is 0. The summed E-state index contributed by atoms with van der Waals surface area (Å²) in [6.07, 6.45) is 1.40. The largest absolute Gasteiger partial charge is 0.383 e. The van der Waals surface area contributed by atoms with Gasteiger partial charge in [-0.15, -0.1) is 0 Å². The fourth-order valence-electron chi connectivity index (χ4n) is 1.39. The first-order valence-electron chi connectivity index (χ1n) is 4.79. The minimum absolute atomic E-state index is 0.161.